The van der Waals surface area contributed by atoms with Crippen molar-refractivity contribution < 1.29 is 4.39 Å². The van der Waals surface area contributed by atoms with Crippen molar-refractivity contribution in [3.8, 4) is 0 Å². The molecule has 0 bridgehead atoms. The van der Waals surface area contributed by atoms with Crippen molar-refractivity contribution in [3.63, 3.8) is 0 Å². The van der Waals surface area contributed by atoms with E-state index in [1.807, 2.05) is 27.1 Å². The molecule has 0 radical (unpaired) electrons. The normalized spacial score (nSPS) is 15.4. The zero-order valence-electron chi connectivity index (χ0n) is 9.79. The molecule has 2 N–H and O–H groups in total. The molecule has 0 aliphatic rings. The highest BCUT2D eigenvalue weighted by molar-refractivity contribution is 5.27. The Morgan fingerprint density at radius 3 is 2.33 bits per heavy atom. The van der Waals surface area contributed by atoms with E-state index in [4.69, 9.17) is 5.73 Å². The second kappa shape index (κ2) is 4.73. The SMILES string of the molecule is Cc1cc(C(C(C)N)N(C)C)ccc1F. The van der Waals surface area contributed by atoms with Crippen LogP contribution >= 0.6 is 0 Å². The summed E-state index contributed by atoms with van der Waals surface area (Å²) in [6, 6.07) is 5.32. The fraction of sp³-hybridized carbons (Fsp3) is 0.500. The average Bonchev–Trinajstić information content (AvgIpc) is 2.10. The van der Waals surface area contributed by atoms with E-state index in [9.17, 15) is 4.39 Å². The molecule has 0 aliphatic heterocycles. The van der Waals surface area contributed by atoms with Crippen molar-refractivity contribution in [2.45, 2.75) is 25.9 Å². The first-order valence-electron chi connectivity index (χ1n) is 5.11. The lowest BCUT2D eigenvalue weighted by Gasteiger charge is -2.28. The lowest BCUT2D eigenvalue weighted by Crippen LogP contribution is -2.35. The van der Waals surface area contributed by atoms with Gasteiger partial charge in [-0.1, -0.05) is 12.1 Å². The smallest absolute Gasteiger partial charge is 0.126 e. The summed E-state index contributed by atoms with van der Waals surface area (Å²) in [5.74, 6) is -0.166. The van der Waals surface area contributed by atoms with E-state index in [0.29, 0.717) is 5.56 Å². The molecule has 1 aromatic carbocycles. The average molecular weight is 210 g/mol. The minimum absolute atomic E-state index is 0.0184. The Morgan fingerprint density at radius 1 is 1.33 bits per heavy atom. The third-order valence-corrected chi connectivity index (χ3v) is 2.58. The highest BCUT2D eigenvalue weighted by atomic mass is 19.1. The van der Waals surface area contributed by atoms with Crippen LogP contribution in [0, 0.1) is 12.7 Å². The zero-order chi connectivity index (χ0) is 11.6. The zero-order valence-corrected chi connectivity index (χ0v) is 9.79. The summed E-state index contributed by atoms with van der Waals surface area (Å²) in [6.45, 7) is 3.73. The minimum atomic E-state index is -0.166. The maximum Gasteiger partial charge on any atom is 0.126 e. The number of likely N-dealkylation sites (N-methyl/N-ethyl adjacent to an activating group) is 1. The first-order chi connectivity index (χ1) is 6.93. The van der Waals surface area contributed by atoms with Crippen LogP contribution in [-0.2, 0) is 0 Å². The molecule has 0 heterocycles. The maximum absolute atomic E-state index is 13.1. The third-order valence-electron chi connectivity index (χ3n) is 2.58. The molecule has 1 aromatic rings. The topological polar surface area (TPSA) is 29.3 Å². The lowest BCUT2D eigenvalue weighted by atomic mass is 9.98. The molecule has 15 heavy (non-hydrogen) atoms. The first kappa shape index (κ1) is 12.1. The van der Waals surface area contributed by atoms with Crippen LogP contribution in [0.2, 0.25) is 0 Å². The molecule has 3 heteroatoms. The van der Waals surface area contributed by atoms with Gasteiger partial charge in [0.15, 0.2) is 0 Å². The van der Waals surface area contributed by atoms with Crippen molar-refractivity contribution in [2.75, 3.05) is 14.1 Å². The molecule has 0 aliphatic carbocycles. The number of halogens is 1. The minimum Gasteiger partial charge on any atom is -0.326 e. The number of aryl methyl sites for hydroxylation is 1. The molecule has 84 valence electrons. The molecule has 1 rings (SSSR count). The Morgan fingerprint density at radius 2 is 1.93 bits per heavy atom. The largest absolute Gasteiger partial charge is 0.326 e. The predicted molar refractivity (Wildman–Crippen MR) is 61.2 cm³/mol. The second-order valence-electron chi connectivity index (χ2n) is 4.28. The van der Waals surface area contributed by atoms with Crippen LogP contribution in [0.5, 0.6) is 0 Å². The van der Waals surface area contributed by atoms with Crippen molar-refractivity contribution in [3.05, 3.63) is 35.1 Å². The lowest BCUT2D eigenvalue weighted by molar-refractivity contribution is 0.266. The number of rotatable bonds is 3. The molecule has 0 spiro atoms. The van der Waals surface area contributed by atoms with E-state index in [0.717, 1.165) is 5.56 Å². The summed E-state index contributed by atoms with van der Waals surface area (Å²) in [6.07, 6.45) is 0. The van der Waals surface area contributed by atoms with Gasteiger partial charge in [-0.05, 0) is 45.1 Å². The van der Waals surface area contributed by atoms with Crippen molar-refractivity contribution in [1.29, 1.82) is 0 Å². The fourth-order valence-corrected chi connectivity index (χ4v) is 1.92. The molecule has 0 amide bonds. The third kappa shape index (κ3) is 2.76. The number of hydrogen-bond acceptors (Lipinski definition) is 2. The van der Waals surface area contributed by atoms with Gasteiger partial charge in [-0.2, -0.15) is 0 Å². The highest BCUT2D eigenvalue weighted by Crippen LogP contribution is 2.22. The maximum atomic E-state index is 13.1. The van der Waals surface area contributed by atoms with Gasteiger partial charge in [0.05, 0.1) is 0 Å². The van der Waals surface area contributed by atoms with Crippen LogP contribution in [0.4, 0.5) is 4.39 Å². The Balaban J connectivity index is 3.07. The highest BCUT2D eigenvalue weighted by Gasteiger charge is 2.18. The molecule has 2 unspecified atom stereocenters. The predicted octanol–water partition coefficient (Wildman–Crippen LogP) is 2.08. The molecule has 0 aromatic heterocycles. The molecule has 2 atom stereocenters. The van der Waals surface area contributed by atoms with E-state index < -0.39 is 0 Å². The molecular weight excluding hydrogens is 191 g/mol. The van der Waals surface area contributed by atoms with Gasteiger partial charge in [-0.25, -0.2) is 4.39 Å². The van der Waals surface area contributed by atoms with Crippen molar-refractivity contribution in [1.82, 2.24) is 4.90 Å². The summed E-state index contributed by atoms with van der Waals surface area (Å²) in [7, 11) is 3.96. The van der Waals surface area contributed by atoms with Gasteiger partial charge in [0, 0.05) is 12.1 Å². The van der Waals surface area contributed by atoms with Crippen molar-refractivity contribution >= 4 is 0 Å². The summed E-state index contributed by atoms with van der Waals surface area (Å²) in [4.78, 5) is 2.05. The summed E-state index contributed by atoms with van der Waals surface area (Å²) in [5.41, 5.74) is 7.65. The van der Waals surface area contributed by atoms with Crippen LogP contribution < -0.4 is 5.73 Å². The van der Waals surface area contributed by atoms with E-state index in [1.54, 1.807) is 13.0 Å². The van der Waals surface area contributed by atoms with Crippen LogP contribution in [0.3, 0.4) is 0 Å². The molecule has 2 nitrogen and oxygen atoms in total. The van der Waals surface area contributed by atoms with Crippen LogP contribution in [0.15, 0.2) is 18.2 Å². The van der Waals surface area contributed by atoms with Crippen molar-refractivity contribution in [2.24, 2.45) is 5.73 Å². The van der Waals surface area contributed by atoms with E-state index in [1.165, 1.54) is 6.07 Å². The van der Waals surface area contributed by atoms with Gasteiger partial charge in [0.1, 0.15) is 5.82 Å². The van der Waals surface area contributed by atoms with E-state index in [-0.39, 0.29) is 17.9 Å². The van der Waals surface area contributed by atoms with Gasteiger partial charge in [-0.15, -0.1) is 0 Å². The van der Waals surface area contributed by atoms with Gasteiger partial charge >= 0.3 is 0 Å². The molecule has 0 fully saturated rings. The van der Waals surface area contributed by atoms with Gasteiger partial charge in [0.25, 0.3) is 0 Å². The Hall–Kier alpha value is -0.930. The number of hydrogen-bond donors (Lipinski definition) is 1. The number of benzene rings is 1. The van der Waals surface area contributed by atoms with Crippen LogP contribution in [0.1, 0.15) is 24.1 Å². The monoisotopic (exact) mass is 210 g/mol. The molecule has 0 saturated heterocycles. The fourth-order valence-electron chi connectivity index (χ4n) is 1.92. The summed E-state index contributed by atoms with van der Waals surface area (Å²) >= 11 is 0. The number of nitrogens with two attached hydrogens (primary N) is 1. The molecular formula is C12H19FN2. The number of nitrogens with zero attached hydrogens (tertiary/aromatic N) is 1. The van der Waals surface area contributed by atoms with Gasteiger partial charge < -0.3 is 10.6 Å². The first-order valence-corrected chi connectivity index (χ1v) is 5.11. The Kier molecular flexibility index (Phi) is 3.83. The van der Waals surface area contributed by atoms with Crippen LogP contribution in [-0.4, -0.2) is 25.0 Å². The Bertz CT molecular complexity index is 326. The van der Waals surface area contributed by atoms with E-state index >= 15 is 0 Å². The summed E-state index contributed by atoms with van der Waals surface area (Å²) < 4.78 is 13.1. The molecule has 0 saturated carbocycles. The van der Waals surface area contributed by atoms with Gasteiger partial charge in [0.2, 0.25) is 0 Å². The second-order valence-corrected chi connectivity index (χ2v) is 4.28. The Labute approximate surface area is 90.9 Å². The van der Waals surface area contributed by atoms with E-state index in [2.05, 4.69) is 4.90 Å². The van der Waals surface area contributed by atoms with Gasteiger partial charge in [-0.3, -0.25) is 0 Å². The standard InChI is InChI=1S/C12H19FN2/c1-8-7-10(5-6-11(8)13)12(9(2)14)15(3)4/h5-7,9,12H,14H2,1-4H3. The van der Waals surface area contributed by atoms with Crippen LogP contribution in [0.25, 0.3) is 0 Å². The quantitative estimate of drug-likeness (QED) is 0.827. The summed E-state index contributed by atoms with van der Waals surface area (Å²) in [5, 5.41) is 0.